The van der Waals surface area contributed by atoms with Gasteiger partial charge in [-0.15, -0.1) is 0 Å². The molecule has 21 heavy (non-hydrogen) atoms. The lowest BCUT2D eigenvalue weighted by Gasteiger charge is -2.32. The van der Waals surface area contributed by atoms with Crippen molar-refractivity contribution in [1.29, 1.82) is 0 Å². The van der Waals surface area contributed by atoms with Crippen molar-refractivity contribution in [2.75, 3.05) is 37.6 Å². The van der Waals surface area contributed by atoms with Crippen molar-refractivity contribution in [1.82, 2.24) is 4.90 Å². The molecule has 116 valence electrons. The van der Waals surface area contributed by atoms with Crippen LogP contribution >= 0.6 is 15.9 Å². The van der Waals surface area contributed by atoms with E-state index in [4.69, 9.17) is 5.73 Å². The molecule has 2 heterocycles. The molecule has 3 rings (SSSR count). The summed E-state index contributed by atoms with van der Waals surface area (Å²) in [6.45, 7) is 5.67. The molecule has 1 atom stereocenters. The largest absolute Gasteiger partial charge is 0.370 e. The first-order chi connectivity index (χ1) is 10.3. The summed E-state index contributed by atoms with van der Waals surface area (Å²) in [6.07, 6.45) is 6.44. The molecule has 0 amide bonds. The van der Waals surface area contributed by atoms with Crippen LogP contribution in [0.2, 0.25) is 0 Å². The molecule has 2 aliphatic rings. The van der Waals surface area contributed by atoms with Crippen molar-refractivity contribution >= 4 is 21.6 Å². The summed E-state index contributed by atoms with van der Waals surface area (Å²) in [5, 5.41) is 0. The second kappa shape index (κ2) is 7.12. The highest BCUT2D eigenvalue weighted by atomic mass is 79.9. The Kier molecular flexibility index (Phi) is 5.19. The smallest absolute Gasteiger partial charge is 0.0411 e. The molecule has 0 bridgehead atoms. The Balaban J connectivity index is 1.71. The summed E-state index contributed by atoms with van der Waals surface area (Å²) in [6, 6.07) is 7.37. The maximum Gasteiger partial charge on any atom is 0.0411 e. The summed E-state index contributed by atoms with van der Waals surface area (Å²) < 4.78 is 1.17. The van der Waals surface area contributed by atoms with E-state index in [9.17, 15) is 0 Å². The van der Waals surface area contributed by atoms with E-state index in [-0.39, 0.29) is 0 Å². The quantitative estimate of drug-likeness (QED) is 0.904. The van der Waals surface area contributed by atoms with Crippen LogP contribution in [0.3, 0.4) is 0 Å². The number of likely N-dealkylation sites (tertiary alicyclic amines) is 1. The molecule has 3 nitrogen and oxygen atoms in total. The fourth-order valence-corrected chi connectivity index (χ4v) is 4.09. The minimum atomic E-state index is 0.720. The molecule has 1 unspecified atom stereocenters. The number of anilines is 1. The van der Waals surface area contributed by atoms with Crippen molar-refractivity contribution < 1.29 is 0 Å². The highest BCUT2D eigenvalue weighted by molar-refractivity contribution is 9.10. The third-order valence-corrected chi connectivity index (χ3v) is 5.37. The third kappa shape index (κ3) is 3.61. The van der Waals surface area contributed by atoms with Crippen LogP contribution < -0.4 is 10.6 Å². The van der Waals surface area contributed by atoms with Gasteiger partial charge < -0.3 is 10.6 Å². The van der Waals surface area contributed by atoms with Crippen molar-refractivity contribution in [2.24, 2.45) is 5.73 Å². The van der Waals surface area contributed by atoms with Crippen LogP contribution in [0.4, 0.5) is 5.69 Å². The molecular formula is C17H26BrN3. The van der Waals surface area contributed by atoms with Crippen LogP contribution in [0.25, 0.3) is 0 Å². The molecule has 1 aromatic rings. The van der Waals surface area contributed by atoms with Gasteiger partial charge in [0.25, 0.3) is 0 Å². The van der Waals surface area contributed by atoms with Crippen LogP contribution in [0.1, 0.15) is 31.2 Å². The van der Waals surface area contributed by atoms with E-state index in [2.05, 4.69) is 43.9 Å². The van der Waals surface area contributed by atoms with E-state index in [1.165, 1.54) is 67.6 Å². The zero-order chi connectivity index (χ0) is 14.7. The minimum absolute atomic E-state index is 0.720. The Hall–Kier alpha value is -0.580. The first-order valence-corrected chi connectivity index (χ1v) is 9.05. The van der Waals surface area contributed by atoms with Crippen molar-refractivity contribution in [3.05, 3.63) is 28.2 Å². The van der Waals surface area contributed by atoms with E-state index >= 15 is 0 Å². The SMILES string of the molecule is NCCc1ccc(Br)cc1N1CCC(N2CCCCC2)C1. The van der Waals surface area contributed by atoms with Gasteiger partial charge >= 0.3 is 0 Å². The van der Waals surface area contributed by atoms with Gasteiger partial charge in [0.2, 0.25) is 0 Å². The normalized spacial score (nSPS) is 23.7. The summed E-state index contributed by atoms with van der Waals surface area (Å²) >= 11 is 3.62. The Morgan fingerprint density at radius 3 is 2.71 bits per heavy atom. The number of hydrogen-bond acceptors (Lipinski definition) is 3. The van der Waals surface area contributed by atoms with Gasteiger partial charge in [-0.1, -0.05) is 28.4 Å². The molecule has 2 fully saturated rings. The van der Waals surface area contributed by atoms with Crippen molar-refractivity contribution in [2.45, 2.75) is 38.1 Å². The highest BCUT2D eigenvalue weighted by Gasteiger charge is 2.29. The van der Waals surface area contributed by atoms with E-state index in [1.807, 2.05) is 0 Å². The van der Waals surface area contributed by atoms with E-state index < -0.39 is 0 Å². The van der Waals surface area contributed by atoms with Gasteiger partial charge in [0.05, 0.1) is 0 Å². The number of halogens is 1. The Morgan fingerprint density at radius 1 is 1.14 bits per heavy atom. The van der Waals surface area contributed by atoms with Gasteiger partial charge in [0.1, 0.15) is 0 Å². The molecule has 2 saturated heterocycles. The van der Waals surface area contributed by atoms with Crippen LogP contribution in [0.5, 0.6) is 0 Å². The highest BCUT2D eigenvalue weighted by Crippen LogP contribution is 2.30. The predicted octanol–water partition coefficient (Wildman–Crippen LogP) is 3.01. The number of piperidine rings is 1. The second-order valence-electron chi connectivity index (χ2n) is 6.30. The predicted molar refractivity (Wildman–Crippen MR) is 92.9 cm³/mol. The molecule has 0 aromatic heterocycles. The lowest BCUT2D eigenvalue weighted by atomic mass is 10.1. The molecule has 0 saturated carbocycles. The van der Waals surface area contributed by atoms with Gasteiger partial charge in [0, 0.05) is 29.3 Å². The summed E-state index contributed by atoms with van der Waals surface area (Å²) in [4.78, 5) is 5.28. The first kappa shape index (κ1) is 15.3. The maximum absolute atomic E-state index is 5.77. The van der Waals surface area contributed by atoms with Gasteiger partial charge in [-0.2, -0.15) is 0 Å². The second-order valence-corrected chi connectivity index (χ2v) is 7.21. The van der Waals surface area contributed by atoms with E-state index in [1.54, 1.807) is 0 Å². The van der Waals surface area contributed by atoms with Crippen LogP contribution in [0.15, 0.2) is 22.7 Å². The monoisotopic (exact) mass is 351 g/mol. The summed E-state index contributed by atoms with van der Waals surface area (Å²) in [5.41, 5.74) is 8.54. The van der Waals surface area contributed by atoms with Crippen molar-refractivity contribution in [3.63, 3.8) is 0 Å². The molecule has 2 N–H and O–H groups in total. The van der Waals surface area contributed by atoms with Gasteiger partial charge in [-0.25, -0.2) is 0 Å². The minimum Gasteiger partial charge on any atom is -0.370 e. The first-order valence-electron chi connectivity index (χ1n) is 8.25. The van der Waals surface area contributed by atoms with Gasteiger partial charge in [-0.3, -0.25) is 4.90 Å². The van der Waals surface area contributed by atoms with E-state index in [0.717, 1.165) is 19.0 Å². The zero-order valence-electron chi connectivity index (χ0n) is 12.7. The third-order valence-electron chi connectivity index (χ3n) is 4.87. The number of rotatable bonds is 4. The molecule has 0 aliphatic carbocycles. The molecule has 1 aromatic carbocycles. The Morgan fingerprint density at radius 2 is 1.95 bits per heavy atom. The maximum atomic E-state index is 5.77. The van der Waals surface area contributed by atoms with Gasteiger partial charge in [-0.05, 0) is 63.0 Å². The Bertz CT molecular complexity index is 471. The Labute approximate surface area is 136 Å². The van der Waals surface area contributed by atoms with Crippen molar-refractivity contribution in [3.8, 4) is 0 Å². The average molecular weight is 352 g/mol. The molecular weight excluding hydrogens is 326 g/mol. The topological polar surface area (TPSA) is 32.5 Å². The molecule has 0 radical (unpaired) electrons. The summed E-state index contributed by atoms with van der Waals surface area (Å²) in [5.74, 6) is 0. The fourth-order valence-electron chi connectivity index (χ4n) is 3.74. The zero-order valence-corrected chi connectivity index (χ0v) is 14.3. The number of hydrogen-bond donors (Lipinski definition) is 1. The molecule has 2 aliphatic heterocycles. The van der Waals surface area contributed by atoms with Crippen LogP contribution in [-0.4, -0.2) is 43.7 Å². The molecule has 0 spiro atoms. The fraction of sp³-hybridized carbons (Fsp3) is 0.647. The molecule has 4 heteroatoms. The number of nitrogens with zero attached hydrogens (tertiary/aromatic N) is 2. The summed E-state index contributed by atoms with van der Waals surface area (Å²) in [7, 11) is 0. The lowest BCUT2D eigenvalue weighted by Crippen LogP contribution is -2.41. The number of nitrogens with two attached hydrogens (primary N) is 1. The average Bonchev–Trinajstić information content (AvgIpc) is 3.00. The van der Waals surface area contributed by atoms with Crippen LogP contribution in [0, 0.1) is 0 Å². The van der Waals surface area contributed by atoms with E-state index in [0.29, 0.717) is 0 Å². The lowest BCUT2D eigenvalue weighted by molar-refractivity contribution is 0.175. The number of benzene rings is 1. The standard InChI is InChI=1S/C17H26BrN3/c18-15-5-4-14(6-8-19)17(12-15)21-11-7-16(13-21)20-9-2-1-3-10-20/h4-5,12,16H,1-3,6-11,13,19H2. The van der Waals surface area contributed by atoms with Gasteiger partial charge in [0.15, 0.2) is 0 Å². The van der Waals surface area contributed by atoms with Crippen LogP contribution in [-0.2, 0) is 6.42 Å².